The maximum Gasteiger partial charge on any atom is 0.150 e. The smallest absolute Gasteiger partial charge is 0.150 e. The zero-order valence-electron chi connectivity index (χ0n) is 8.59. The number of nitrogens with zero attached hydrogens (tertiary/aromatic N) is 1. The summed E-state index contributed by atoms with van der Waals surface area (Å²) in [6.07, 6.45) is 0.648. The van der Waals surface area contributed by atoms with E-state index in [1.807, 2.05) is 0 Å². The minimum atomic E-state index is 0.208. The fourth-order valence-electron chi connectivity index (χ4n) is 0.713. The molecule has 11 heavy (non-hydrogen) atoms. The number of anilines is 1. The molecule has 0 fully saturated rings. The zero-order chi connectivity index (χ0) is 10.0. The lowest BCUT2D eigenvalue weighted by atomic mass is 10.2. The van der Waals surface area contributed by atoms with Gasteiger partial charge in [0.2, 0.25) is 0 Å². The Bertz CT molecular complexity index is 313. The van der Waals surface area contributed by atoms with Crippen LogP contribution in [0.5, 0.6) is 0 Å². The maximum atomic E-state index is 10.4. The summed E-state index contributed by atoms with van der Waals surface area (Å²) in [5, 5.41) is 0. The first kappa shape index (κ1) is 5.35. The molecule has 0 atom stereocenters. The molecule has 1 rings (SSSR count). The number of carbonyl (C=O) groups is 1. The van der Waals surface area contributed by atoms with E-state index in [0.717, 1.165) is 0 Å². The summed E-state index contributed by atoms with van der Waals surface area (Å²) >= 11 is 0. The molecule has 2 heteroatoms. The molecule has 0 aromatic heterocycles. The fraction of sp³-hybridized carbons (Fsp3) is 0.222. The fourth-order valence-corrected chi connectivity index (χ4v) is 0.713. The van der Waals surface area contributed by atoms with Crippen LogP contribution in [0.4, 0.5) is 5.69 Å². The molecule has 0 radical (unpaired) electrons. The van der Waals surface area contributed by atoms with Gasteiger partial charge >= 0.3 is 0 Å². The van der Waals surface area contributed by atoms with E-state index < -0.39 is 0 Å². The molecular formula is C9H11NO. The number of benzene rings is 1. The third kappa shape index (κ3) is 1.80. The van der Waals surface area contributed by atoms with Crippen LogP contribution in [0, 0.1) is 0 Å². The first-order chi connectivity index (χ1) is 6.06. The minimum Gasteiger partial charge on any atom is -0.378 e. The van der Waals surface area contributed by atoms with Gasteiger partial charge < -0.3 is 4.90 Å². The van der Waals surface area contributed by atoms with Gasteiger partial charge in [-0.2, -0.15) is 0 Å². The van der Waals surface area contributed by atoms with Crippen LogP contribution in [-0.4, -0.2) is 20.4 Å². The first-order valence-corrected chi connectivity index (χ1v) is 3.30. The Kier molecular flexibility index (Phi) is 1.55. The summed E-state index contributed by atoms with van der Waals surface area (Å²) < 4.78 is 15.1. The largest absolute Gasteiger partial charge is 0.378 e. The quantitative estimate of drug-likeness (QED) is 0.598. The second-order valence-corrected chi connectivity index (χ2v) is 2.44. The molecule has 1 aromatic rings. The van der Waals surface area contributed by atoms with Crippen molar-refractivity contribution in [3.8, 4) is 0 Å². The van der Waals surface area contributed by atoms with Gasteiger partial charge in [0.05, 0.1) is 2.74 Å². The van der Waals surface area contributed by atoms with Gasteiger partial charge in [0.1, 0.15) is 6.29 Å². The Morgan fingerprint density at radius 2 is 2.00 bits per heavy atom. The summed E-state index contributed by atoms with van der Waals surface area (Å²) in [4.78, 5) is 12.1. The molecular weight excluding hydrogens is 138 g/mol. The van der Waals surface area contributed by atoms with Crippen molar-refractivity contribution in [2.45, 2.75) is 0 Å². The predicted molar refractivity (Wildman–Crippen MR) is 46.2 cm³/mol. The van der Waals surface area contributed by atoms with Crippen molar-refractivity contribution in [3.05, 3.63) is 29.8 Å². The molecule has 0 aliphatic rings. The van der Waals surface area contributed by atoms with Crippen LogP contribution >= 0.6 is 0 Å². The molecule has 58 valence electrons. The molecule has 0 unspecified atom stereocenters. The van der Waals surface area contributed by atoms with Crippen molar-refractivity contribution in [1.82, 2.24) is 0 Å². The Morgan fingerprint density at radius 3 is 2.36 bits per heavy atom. The van der Waals surface area contributed by atoms with E-state index in [9.17, 15) is 4.79 Å². The summed E-state index contributed by atoms with van der Waals surface area (Å²) in [6.45, 7) is 0. The lowest BCUT2D eigenvalue weighted by Crippen LogP contribution is -2.08. The predicted octanol–water partition coefficient (Wildman–Crippen LogP) is 1.57. The van der Waals surface area contributed by atoms with Gasteiger partial charge in [-0.3, -0.25) is 4.79 Å². The van der Waals surface area contributed by atoms with Crippen molar-refractivity contribution in [2.24, 2.45) is 0 Å². The van der Waals surface area contributed by atoms with Crippen molar-refractivity contribution in [3.63, 3.8) is 0 Å². The summed E-state index contributed by atoms with van der Waals surface area (Å²) in [7, 11) is 3.54. The van der Waals surface area contributed by atoms with Gasteiger partial charge in [0.15, 0.2) is 0 Å². The molecule has 0 saturated heterocycles. The van der Waals surface area contributed by atoms with E-state index in [1.54, 1.807) is 19.0 Å². The molecule has 1 aromatic carbocycles. The molecule has 0 spiro atoms. The standard InChI is InChI=1S/C9H11NO/c1-10(2)9-5-3-8(7-11)4-6-9/h3-7H,1-2H3/i5D,6D. The summed E-state index contributed by atoms with van der Waals surface area (Å²) in [6, 6.07) is 3.33. The van der Waals surface area contributed by atoms with E-state index in [-0.39, 0.29) is 12.1 Å². The SMILES string of the molecule is [2H]c1cc(C=O)cc([2H])c1N(C)C. The third-order valence-electron chi connectivity index (χ3n) is 1.33. The first-order valence-electron chi connectivity index (χ1n) is 4.30. The molecule has 2 nitrogen and oxygen atoms in total. The second-order valence-electron chi connectivity index (χ2n) is 2.44. The molecule has 0 N–H and O–H groups in total. The molecule has 0 saturated carbocycles. The minimum absolute atomic E-state index is 0.208. The van der Waals surface area contributed by atoms with Gasteiger partial charge in [-0.25, -0.2) is 0 Å². The topological polar surface area (TPSA) is 20.3 Å². The number of carbonyl (C=O) groups excluding carboxylic acids is 1. The van der Waals surface area contributed by atoms with E-state index in [1.165, 1.54) is 12.1 Å². The highest BCUT2D eigenvalue weighted by Crippen LogP contribution is 2.10. The normalized spacial score (nSPS) is 11.8. The van der Waals surface area contributed by atoms with Crippen molar-refractivity contribution >= 4 is 12.0 Å². The number of aldehydes is 1. The highest BCUT2D eigenvalue weighted by Gasteiger charge is 1.93. The summed E-state index contributed by atoms with van der Waals surface area (Å²) in [5.74, 6) is 0. The second kappa shape index (κ2) is 3.19. The van der Waals surface area contributed by atoms with Crippen molar-refractivity contribution < 1.29 is 7.54 Å². The van der Waals surface area contributed by atoms with Crippen LogP contribution in [0.1, 0.15) is 13.1 Å². The van der Waals surface area contributed by atoms with E-state index in [2.05, 4.69) is 0 Å². The van der Waals surface area contributed by atoms with Crippen LogP contribution in [0.25, 0.3) is 0 Å². The highest BCUT2D eigenvalue weighted by molar-refractivity contribution is 5.75. The number of hydrogen-bond donors (Lipinski definition) is 0. The Hall–Kier alpha value is -1.31. The monoisotopic (exact) mass is 151 g/mol. The third-order valence-corrected chi connectivity index (χ3v) is 1.33. The molecule has 0 heterocycles. The lowest BCUT2D eigenvalue weighted by Gasteiger charge is -2.11. The van der Waals surface area contributed by atoms with Crippen LogP contribution in [0.3, 0.4) is 0 Å². The van der Waals surface area contributed by atoms with E-state index in [0.29, 0.717) is 17.5 Å². The van der Waals surface area contributed by atoms with Crippen molar-refractivity contribution in [2.75, 3.05) is 19.0 Å². The van der Waals surface area contributed by atoms with Crippen LogP contribution < -0.4 is 4.90 Å². The molecule has 0 aliphatic heterocycles. The number of rotatable bonds is 2. The summed E-state index contributed by atoms with van der Waals surface area (Å²) in [5.41, 5.74) is 0.909. The Morgan fingerprint density at radius 1 is 1.45 bits per heavy atom. The Labute approximate surface area is 69.3 Å². The van der Waals surface area contributed by atoms with Gasteiger partial charge in [-0.15, -0.1) is 0 Å². The van der Waals surface area contributed by atoms with Gasteiger partial charge in [0, 0.05) is 25.3 Å². The van der Waals surface area contributed by atoms with Gasteiger partial charge in [-0.05, 0) is 24.2 Å². The lowest BCUT2D eigenvalue weighted by molar-refractivity contribution is 0.112. The van der Waals surface area contributed by atoms with E-state index in [4.69, 9.17) is 2.74 Å². The van der Waals surface area contributed by atoms with Gasteiger partial charge in [0.25, 0.3) is 0 Å². The average Bonchev–Trinajstić information content (AvgIpc) is 2.02. The highest BCUT2D eigenvalue weighted by atomic mass is 16.1. The molecule has 0 amide bonds. The van der Waals surface area contributed by atoms with Gasteiger partial charge in [-0.1, -0.05) is 0 Å². The van der Waals surface area contributed by atoms with Crippen molar-refractivity contribution in [1.29, 1.82) is 0 Å². The Balaban J connectivity index is 3.31. The average molecular weight is 151 g/mol. The van der Waals surface area contributed by atoms with E-state index >= 15 is 0 Å². The maximum absolute atomic E-state index is 10.4. The van der Waals surface area contributed by atoms with Crippen LogP contribution in [0.15, 0.2) is 24.2 Å². The zero-order valence-corrected chi connectivity index (χ0v) is 6.59. The van der Waals surface area contributed by atoms with Crippen LogP contribution in [-0.2, 0) is 0 Å². The molecule has 0 aliphatic carbocycles. The number of hydrogen-bond acceptors (Lipinski definition) is 2. The molecule has 0 bridgehead atoms. The van der Waals surface area contributed by atoms with Crippen LogP contribution in [0.2, 0.25) is 0 Å².